The van der Waals surface area contributed by atoms with Crippen LogP contribution in [0.1, 0.15) is 0 Å². The molecule has 6 aromatic carbocycles. The molecule has 3 aromatic heterocycles. The smallest absolute Gasteiger partial charge is 0.0972 e. The molecule has 3 nitrogen and oxygen atoms in total. The Kier molecular flexibility index (Phi) is 8.20. The SMILES string of the molecule is c1ccc(-c2cc(-c3ccccc3)cc(-c3cccc(-c4cccc(-c5cc6ccccc6c(-c6cc(-c7ccncc7)ccn6)n5)c4)c3)c2)cc1. The fraction of sp³-hybridized carbons (Fsp3) is 0. The number of rotatable bonds is 7. The van der Waals surface area contributed by atoms with Crippen molar-refractivity contribution in [2.75, 3.05) is 0 Å². The van der Waals surface area contributed by atoms with Crippen LogP contribution in [0.5, 0.6) is 0 Å². The molecular weight excluding hydrogens is 631 g/mol. The van der Waals surface area contributed by atoms with Crippen LogP contribution in [-0.2, 0) is 0 Å². The van der Waals surface area contributed by atoms with Crippen molar-refractivity contribution in [2.45, 2.75) is 0 Å². The Bertz CT molecular complexity index is 2610. The minimum atomic E-state index is 0.837. The van der Waals surface area contributed by atoms with E-state index in [4.69, 9.17) is 9.97 Å². The van der Waals surface area contributed by atoms with Gasteiger partial charge in [0.25, 0.3) is 0 Å². The maximum atomic E-state index is 5.28. The lowest BCUT2D eigenvalue weighted by atomic mass is 9.92. The van der Waals surface area contributed by atoms with Crippen LogP contribution in [0.3, 0.4) is 0 Å². The van der Waals surface area contributed by atoms with Crippen molar-refractivity contribution < 1.29 is 0 Å². The van der Waals surface area contributed by atoms with Gasteiger partial charge in [-0.05, 0) is 122 Å². The first-order chi connectivity index (χ1) is 25.7. The fourth-order valence-electron chi connectivity index (χ4n) is 6.95. The molecule has 52 heavy (non-hydrogen) atoms. The van der Waals surface area contributed by atoms with E-state index >= 15 is 0 Å². The zero-order valence-corrected chi connectivity index (χ0v) is 28.4. The highest BCUT2D eigenvalue weighted by Gasteiger charge is 2.14. The molecule has 0 aliphatic carbocycles. The van der Waals surface area contributed by atoms with E-state index in [0.29, 0.717) is 0 Å². The van der Waals surface area contributed by atoms with Gasteiger partial charge in [-0.3, -0.25) is 9.97 Å². The summed E-state index contributed by atoms with van der Waals surface area (Å²) < 4.78 is 0. The first-order valence-corrected chi connectivity index (χ1v) is 17.5. The predicted octanol–water partition coefficient (Wildman–Crippen LogP) is 12.7. The highest BCUT2D eigenvalue weighted by molar-refractivity contribution is 5.97. The third kappa shape index (κ3) is 6.28. The van der Waals surface area contributed by atoms with E-state index < -0.39 is 0 Å². The summed E-state index contributed by atoms with van der Waals surface area (Å²) in [5, 5.41) is 2.20. The summed E-state index contributed by atoms with van der Waals surface area (Å²) >= 11 is 0. The van der Waals surface area contributed by atoms with Gasteiger partial charge in [0.05, 0.1) is 17.1 Å². The Morgan fingerprint density at radius 3 is 1.42 bits per heavy atom. The molecule has 0 aliphatic rings. The average molecular weight is 664 g/mol. The highest BCUT2D eigenvalue weighted by Crippen LogP contribution is 2.36. The Balaban J connectivity index is 1.12. The first-order valence-electron chi connectivity index (χ1n) is 17.5. The van der Waals surface area contributed by atoms with E-state index in [-0.39, 0.29) is 0 Å². The van der Waals surface area contributed by atoms with Crippen LogP contribution in [-0.4, -0.2) is 15.0 Å². The van der Waals surface area contributed by atoms with Crippen LogP contribution in [0.25, 0.3) is 89.1 Å². The Labute approximate surface area is 303 Å². The summed E-state index contributed by atoms with van der Waals surface area (Å²) in [4.78, 5) is 14.3. The largest absolute Gasteiger partial charge is 0.265 e. The molecule has 0 amide bonds. The molecule has 0 bridgehead atoms. The molecule has 0 N–H and O–H groups in total. The van der Waals surface area contributed by atoms with E-state index in [2.05, 4.69) is 169 Å². The maximum absolute atomic E-state index is 5.28. The van der Waals surface area contributed by atoms with Gasteiger partial charge in [0.2, 0.25) is 0 Å². The van der Waals surface area contributed by atoms with Gasteiger partial charge in [-0.2, -0.15) is 0 Å². The van der Waals surface area contributed by atoms with Crippen molar-refractivity contribution in [3.63, 3.8) is 0 Å². The summed E-state index contributed by atoms with van der Waals surface area (Å²) in [5.74, 6) is 0. The van der Waals surface area contributed by atoms with Crippen molar-refractivity contribution in [3.8, 4) is 78.3 Å². The van der Waals surface area contributed by atoms with E-state index in [1.165, 1.54) is 33.4 Å². The maximum Gasteiger partial charge on any atom is 0.0972 e. The summed E-state index contributed by atoms with van der Waals surface area (Å²) in [6.45, 7) is 0. The number of fused-ring (bicyclic) bond motifs is 1. The van der Waals surface area contributed by atoms with Crippen LogP contribution >= 0.6 is 0 Å². The predicted molar refractivity (Wildman–Crippen MR) is 215 cm³/mol. The lowest BCUT2D eigenvalue weighted by Crippen LogP contribution is -1.94. The summed E-state index contributed by atoms with van der Waals surface area (Å²) in [7, 11) is 0. The lowest BCUT2D eigenvalue weighted by Gasteiger charge is -2.13. The zero-order chi connectivity index (χ0) is 34.7. The van der Waals surface area contributed by atoms with Crippen LogP contribution in [0.2, 0.25) is 0 Å². The number of pyridine rings is 3. The summed E-state index contributed by atoms with van der Waals surface area (Å²) in [6.07, 6.45) is 5.49. The van der Waals surface area contributed by atoms with E-state index in [1.807, 2.05) is 36.8 Å². The van der Waals surface area contributed by atoms with Gasteiger partial charge in [0, 0.05) is 29.5 Å². The molecule has 0 aliphatic heterocycles. The van der Waals surface area contributed by atoms with Crippen molar-refractivity contribution in [1.29, 1.82) is 0 Å². The monoisotopic (exact) mass is 663 g/mol. The molecule has 3 heterocycles. The number of hydrogen-bond acceptors (Lipinski definition) is 3. The highest BCUT2D eigenvalue weighted by atomic mass is 14.8. The summed E-state index contributed by atoms with van der Waals surface area (Å²) in [5.41, 5.74) is 15.3. The molecule has 0 radical (unpaired) electrons. The molecule has 0 saturated carbocycles. The molecule has 0 fully saturated rings. The number of aromatic nitrogens is 3. The van der Waals surface area contributed by atoms with Gasteiger partial charge in [0.1, 0.15) is 0 Å². The van der Waals surface area contributed by atoms with Gasteiger partial charge in [-0.25, -0.2) is 4.98 Å². The van der Waals surface area contributed by atoms with E-state index in [1.54, 1.807) is 0 Å². The quantitative estimate of drug-likeness (QED) is 0.170. The third-order valence-corrected chi connectivity index (χ3v) is 9.59. The van der Waals surface area contributed by atoms with E-state index in [0.717, 1.165) is 55.7 Å². The molecule has 0 saturated heterocycles. The third-order valence-electron chi connectivity index (χ3n) is 9.59. The van der Waals surface area contributed by atoms with Gasteiger partial charge >= 0.3 is 0 Å². The number of hydrogen-bond donors (Lipinski definition) is 0. The van der Waals surface area contributed by atoms with Crippen molar-refractivity contribution in [3.05, 3.63) is 201 Å². The van der Waals surface area contributed by atoms with Crippen LogP contribution in [0.4, 0.5) is 0 Å². The van der Waals surface area contributed by atoms with Crippen LogP contribution in [0.15, 0.2) is 201 Å². The van der Waals surface area contributed by atoms with Crippen LogP contribution in [0, 0.1) is 0 Å². The molecule has 9 aromatic rings. The molecule has 244 valence electrons. The first kappa shape index (κ1) is 31.0. The van der Waals surface area contributed by atoms with Crippen molar-refractivity contribution >= 4 is 10.8 Å². The fourth-order valence-corrected chi connectivity index (χ4v) is 6.95. The topological polar surface area (TPSA) is 38.7 Å². The second-order valence-electron chi connectivity index (χ2n) is 12.9. The Morgan fingerprint density at radius 2 is 0.750 bits per heavy atom. The number of benzene rings is 6. The Hall–Kier alpha value is -6.97. The molecule has 0 atom stereocenters. The second-order valence-corrected chi connectivity index (χ2v) is 12.9. The minimum Gasteiger partial charge on any atom is -0.265 e. The van der Waals surface area contributed by atoms with Crippen LogP contribution < -0.4 is 0 Å². The standard InChI is InChI=1S/C49H33N3/c1-3-11-34(12-4-1)43-29-44(35-13-5-2-6-14-35)31-45(30-43)39-18-9-16-37(27-39)38-17-10-19-42(28-38)47-33-41-15-7-8-20-46(41)49(52-47)48-32-40(23-26-51-48)36-21-24-50-25-22-36/h1-33H. The zero-order valence-electron chi connectivity index (χ0n) is 28.4. The van der Waals surface area contributed by atoms with Gasteiger partial charge in [-0.1, -0.05) is 121 Å². The Morgan fingerprint density at radius 1 is 0.288 bits per heavy atom. The lowest BCUT2D eigenvalue weighted by molar-refractivity contribution is 1.26. The average Bonchev–Trinajstić information content (AvgIpc) is 3.24. The summed E-state index contributed by atoms with van der Waals surface area (Å²) in [6, 6.07) is 64.4. The molecule has 0 spiro atoms. The molecular formula is C49H33N3. The molecule has 9 rings (SSSR count). The normalized spacial score (nSPS) is 11.1. The van der Waals surface area contributed by atoms with Gasteiger partial charge < -0.3 is 0 Å². The minimum absolute atomic E-state index is 0.837. The van der Waals surface area contributed by atoms with Crippen molar-refractivity contribution in [1.82, 2.24) is 15.0 Å². The molecule has 0 unspecified atom stereocenters. The second kappa shape index (κ2) is 13.7. The molecule has 3 heteroatoms. The van der Waals surface area contributed by atoms with Crippen molar-refractivity contribution in [2.24, 2.45) is 0 Å². The van der Waals surface area contributed by atoms with Gasteiger partial charge in [0.15, 0.2) is 0 Å². The van der Waals surface area contributed by atoms with Gasteiger partial charge in [-0.15, -0.1) is 0 Å². The number of nitrogens with zero attached hydrogens (tertiary/aromatic N) is 3. The van der Waals surface area contributed by atoms with E-state index in [9.17, 15) is 0 Å².